The summed E-state index contributed by atoms with van der Waals surface area (Å²) in [5.41, 5.74) is 4.80. The number of carbonyl (C=O) groups excluding carboxylic acids is 3. The molecule has 10 heteroatoms. The van der Waals surface area contributed by atoms with E-state index in [4.69, 9.17) is 0 Å². The van der Waals surface area contributed by atoms with Gasteiger partial charge < -0.3 is 16.0 Å². The number of hydrogen-bond donors (Lipinski definition) is 3. The van der Waals surface area contributed by atoms with E-state index in [1.54, 1.807) is 48.5 Å². The maximum atomic E-state index is 13.5. The van der Waals surface area contributed by atoms with Crippen molar-refractivity contribution in [3.63, 3.8) is 0 Å². The molecule has 0 radical (unpaired) electrons. The van der Waals surface area contributed by atoms with Crippen molar-refractivity contribution in [3.05, 3.63) is 135 Å². The molecular formula is C36H31BrN4O3S2. The lowest BCUT2D eigenvalue weighted by Gasteiger charge is -2.12. The Labute approximate surface area is 284 Å². The van der Waals surface area contributed by atoms with Crippen LogP contribution in [0.15, 0.2) is 124 Å². The zero-order valence-corrected chi connectivity index (χ0v) is 28.3. The quantitative estimate of drug-likeness (QED) is 0.0940. The highest BCUT2D eigenvalue weighted by atomic mass is 79.9. The number of hydrogen-bond acceptors (Lipinski definition) is 6. The molecule has 0 saturated heterocycles. The van der Waals surface area contributed by atoms with Crippen LogP contribution in [0.3, 0.4) is 0 Å². The zero-order chi connectivity index (χ0) is 32.5. The standard InChI is InChI=1S/C36H31BrN4O3S2/c1-23(2)25-13-11-24(12-14-25)19-31(39-34(43)27-7-4-3-5-8-27)35(44)38-29-9-6-10-30(20-29)45-22-33(42)41-36-40-32(21-46-36)26-15-17-28(37)18-16-26/h3-21,23H,22H2,1-2H3,(H,38,44)(H,39,43)(H,40,41,42)/b31-19+. The van der Waals surface area contributed by atoms with Gasteiger partial charge in [-0.3, -0.25) is 14.4 Å². The molecule has 5 aromatic rings. The first-order valence-corrected chi connectivity index (χ1v) is 17.1. The third-order valence-corrected chi connectivity index (χ3v) is 9.08. The Morgan fingerprint density at radius 1 is 0.891 bits per heavy atom. The van der Waals surface area contributed by atoms with Crippen LogP contribution < -0.4 is 16.0 Å². The first-order chi connectivity index (χ1) is 22.2. The molecule has 1 heterocycles. The Morgan fingerprint density at radius 2 is 1.63 bits per heavy atom. The lowest BCUT2D eigenvalue weighted by molar-refractivity contribution is -0.114. The van der Waals surface area contributed by atoms with E-state index in [0.29, 0.717) is 22.3 Å². The highest BCUT2D eigenvalue weighted by Gasteiger charge is 2.16. The molecule has 0 saturated carbocycles. The number of halogens is 1. The van der Waals surface area contributed by atoms with Gasteiger partial charge in [0.25, 0.3) is 11.8 Å². The lowest BCUT2D eigenvalue weighted by Crippen LogP contribution is -2.30. The van der Waals surface area contributed by atoms with Crippen molar-refractivity contribution in [3.8, 4) is 11.3 Å². The molecule has 0 atom stereocenters. The Morgan fingerprint density at radius 3 is 2.35 bits per heavy atom. The average Bonchev–Trinajstić information content (AvgIpc) is 3.53. The molecule has 0 aliphatic rings. The Hall–Kier alpha value is -4.51. The van der Waals surface area contributed by atoms with Crippen LogP contribution in [0.5, 0.6) is 0 Å². The lowest BCUT2D eigenvalue weighted by atomic mass is 10.0. The molecule has 0 aliphatic heterocycles. The van der Waals surface area contributed by atoms with Crippen LogP contribution in [0.1, 0.15) is 41.3 Å². The number of nitrogens with one attached hydrogen (secondary N) is 3. The highest BCUT2D eigenvalue weighted by molar-refractivity contribution is 9.10. The van der Waals surface area contributed by atoms with Gasteiger partial charge in [0, 0.05) is 31.6 Å². The van der Waals surface area contributed by atoms with Crippen molar-refractivity contribution in [2.75, 3.05) is 16.4 Å². The number of benzene rings is 4. The van der Waals surface area contributed by atoms with Gasteiger partial charge in [-0.2, -0.15) is 0 Å². The second-order valence-corrected chi connectivity index (χ2v) is 13.4. The van der Waals surface area contributed by atoms with E-state index in [9.17, 15) is 14.4 Å². The summed E-state index contributed by atoms with van der Waals surface area (Å²) in [6.07, 6.45) is 1.66. The molecule has 1 aromatic heterocycles. The van der Waals surface area contributed by atoms with Gasteiger partial charge in [-0.1, -0.05) is 90.4 Å². The number of nitrogens with zero attached hydrogens (tertiary/aromatic N) is 1. The maximum Gasteiger partial charge on any atom is 0.272 e. The second kappa shape index (κ2) is 15.7. The van der Waals surface area contributed by atoms with E-state index in [-0.39, 0.29) is 23.3 Å². The van der Waals surface area contributed by atoms with Crippen molar-refractivity contribution >= 4 is 73.6 Å². The summed E-state index contributed by atoms with van der Waals surface area (Å²) in [4.78, 5) is 44.5. The molecule has 5 rings (SSSR count). The van der Waals surface area contributed by atoms with Crippen LogP contribution in [0, 0.1) is 0 Å². The monoisotopic (exact) mass is 710 g/mol. The van der Waals surface area contributed by atoms with Gasteiger partial charge in [-0.25, -0.2) is 4.98 Å². The molecule has 0 aliphatic carbocycles. The number of thioether (sulfide) groups is 1. The Bertz CT molecular complexity index is 1850. The third-order valence-electron chi connectivity index (χ3n) is 6.80. The van der Waals surface area contributed by atoms with E-state index in [2.05, 4.69) is 50.7 Å². The van der Waals surface area contributed by atoms with Gasteiger partial charge in [0.15, 0.2) is 5.13 Å². The first kappa shape index (κ1) is 32.9. The molecule has 0 fully saturated rings. The van der Waals surface area contributed by atoms with Crippen molar-refractivity contribution in [1.29, 1.82) is 0 Å². The van der Waals surface area contributed by atoms with E-state index < -0.39 is 5.91 Å². The summed E-state index contributed by atoms with van der Waals surface area (Å²) in [6, 6.07) is 31.7. The minimum atomic E-state index is -0.470. The second-order valence-electron chi connectivity index (χ2n) is 10.6. The van der Waals surface area contributed by atoms with Crippen LogP contribution >= 0.6 is 39.0 Å². The minimum absolute atomic E-state index is 0.106. The number of rotatable bonds is 11. The van der Waals surface area contributed by atoms with Crippen LogP contribution in [-0.4, -0.2) is 28.5 Å². The summed E-state index contributed by atoms with van der Waals surface area (Å²) >= 11 is 6.14. The van der Waals surface area contributed by atoms with Gasteiger partial charge in [0.1, 0.15) is 5.70 Å². The zero-order valence-electron chi connectivity index (χ0n) is 25.1. The van der Waals surface area contributed by atoms with Crippen LogP contribution in [-0.2, 0) is 9.59 Å². The molecule has 46 heavy (non-hydrogen) atoms. The number of aromatic nitrogens is 1. The molecule has 232 valence electrons. The van der Waals surface area contributed by atoms with Gasteiger partial charge in [0.2, 0.25) is 5.91 Å². The molecule has 0 unspecified atom stereocenters. The van der Waals surface area contributed by atoms with E-state index >= 15 is 0 Å². The van der Waals surface area contributed by atoms with Crippen molar-refractivity contribution in [2.24, 2.45) is 0 Å². The number of thiazole rings is 1. The fourth-order valence-corrected chi connectivity index (χ4v) is 6.09. The molecular weight excluding hydrogens is 680 g/mol. The summed E-state index contributed by atoms with van der Waals surface area (Å²) in [5, 5.41) is 11.0. The minimum Gasteiger partial charge on any atom is -0.321 e. The van der Waals surface area contributed by atoms with Gasteiger partial charge in [0.05, 0.1) is 11.4 Å². The Balaban J connectivity index is 1.23. The van der Waals surface area contributed by atoms with Crippen molar-refractivity contribution in [2.45, 2.75) is 24.7 Å². The number of amides is 3. The first-order valence-electron chi connectivity index (χ1n) is 14.5. The van der Waals surface area contributed by atoms with Crippen LogP contribution in [0.2, 0.25) is 0 Å². The van der Waals surface area contributed by atoms with Crippen LogP contribution in [0.25, 0.3) is 17.3 Å². The van der Waals surface area contributed by atoms with Crippen LogP contribution in [0.4, 0.5) is 10.8 Å². The molecule has 0 spiro atoms. The third kappa shape index (κ3) is 9.26. The van der Waals surface area contributed by atoms with Crippen molar-refractivity contribution < 1.29 is 14.4 Å². The number of carbonyl (C=O) groups is 3. The molecule has 7 nitrogen and oxygen atoms in total. The summed E-state index contributed by atoms with van der Waals surface area (Å²) < 4.78 is 0.986. The van der Waals surface area contributed by atoms with Gasteiger partial charge in [-0.15, -0.1) is 23.1 Å². The highest BCUT2D eigenvalue weighted by Crippen LogP contribution is 2.27. The van der Waals surface area contributed by atoms with E-state index in [0.717, 1.165) is 26.2 Å². The van der Waals surface area contributed by atoms with E-state index in [1.165, 1.54) is 28.7 Å². The van der Waals surface area contributed by atoms with Crippen molar-refractivity contribution in [1.82, 2.24) is 10.3 Å². The summed E-state index contributed by atoms with van der Waals surface area (Å²) in [5.74, 6) is -0.510. The predicted molar refractivity (Wildman–Crippen MR) is 192 cm³/mol. The smallest absolute Gasteiger partial charge is 0.272 e. The molecule has 4 aromatic carbocycles. The molecule has 3 amide bonds. The SMILES string of the molecule is CC(C)c1ccc(/C=C(/NC(=O)c2ccccc2)C(=O)Nc2cccc(SCC(=O)Nc3nc(-c4ccc(Br)cc4)cs3)c2)cc1. The van der Waals surface area contributed by atoms with E-state index in [1.807, 2.05) is 66.0 Å². The maximum absolute atomic E-state index is 13.5. The summed E-state index contributed by atoms with van der Waals surface area (Å²) in [6.45, 7) is 4.23. The number of anilines is 2. The largest absolute Gasteiger partial charge is 0.321 e. The summed E-state index contributed by atoms with van der Waals surface area (Å²) in [7, 11) is 0. The topological polar surface area (TPSA) is 100 Å². The predicted octanol–water partition coefficient (Wildman–Crippen LogP) is 8.84. The fraction of sp³-hybridized carbons (Fsp3) is 0.111. The van der Waals surface area contributed by atoms with Gasteiger partial charge in [-0.05, 0) is 65.6 Å². The normalized spacial score (nSPS) is 11.3. The average molecular weight is 712 g/mol. The molecule has 0 bridgehead atoms. The van der Waals surface area contributed by atoms with Gasteiger partial charge >= 0.3 is 0 Å². The Kier molecular flexibility index (Phi) is 11.2. The molecule has 3 N–H and O–H groups in total. The fourth-order valence-electron chi connectivity index (χ4n) is 4.34.